The van der Waals surface area contributed by atoms with Crippen LogP contribution in [-0.2, 0) is 4.79 Å². The number of carbonyl (C=O) groups is 1. The Hall–Kier alpha value is -0.570. The van der Waals surface area contributed by atoms with E-state index in [1.54, 1.807) is 0 Å². The summed E-state index contributed by atoms with van der Waals surface area (Å²) in [6.45, 7) is 2.23. The van der Waals surface area contributed by atoms with Crippen LogP contribution < -0.4 is 0 Å². The average Bonchev–Trinajstić information content (AvgIpc) is 2.53. The highest BCUT2D eigenvalue weighted by Crippen LogP contribution is 2.35. The van der Waals surface area contributed by atoms with Crippen molar-refractivity contribution < 1.29 is 15.0 Å². The van der Waals surface area contributed by atoms with E-state index in [1.807, 2.05) is 0 Å². The van der Waals surface area contributed by atoms with Gasteiger partial charge < -0.3 is 10.2 Å². The maximum absolute atomic E-state index is 10.3. The summed E-state index contributed by atoms with van der Waals surface area (Å²) in [6.07, 6.45) is 7.46. The van der Waals surface area contributed by atoms with Crippen LogP contribution in [0.4, 0.5) is 0 Å². The van der Waals surface area contributed by atoms with Gasteiger partial charge in [0.05, 0.1) is 6.10 Å². The lowest BCUT2D eigenvalue weighted by Gasteiger charge is -2.18. The standard InChI is InChI=1S/C13H24O3/c1-10-8-9-12(14)11(10)6-4-2-3-5-7-13(15)16/h10-12,14H,2-9H2,1H3,(H,15,16)/t10-,11+,12-/m0/s1. The highest BCUT2D eigenvalue weighted by atomic mass is 16.4. The van der Waals surface area contributed by atoms with Crippen molar-refractivity contribution in [2.24, 2.45) is 11.8 Å². The monoisotopic (exact) mass is 228 g/mol. The first kappa shape index (κ1) is 13.5. The molecule has 0 saturated heterocycles. The fraction of sp³-hybridized carbons (Fsp3) is 0.923. The van der Waals surface area contributed by atoms with Crippen LogP contribution in [0.25, 0.3) is 0 Å². The molecular formula is C13H24O3. The van der Waals surface area contributed by atoms with E-state index in [-0.39, 0.29) is 6.10 Å². The molecule has 1 fully saturated rings. The zero-order chi connectivity index (χ0) is 12.0. The predicted octanol–water partition coefficient (Wildman–Crippen LogP) is 2.82. The molecule has 1 aliphatic rings. The Labute approximate surface area is 97.9 Å². The number of rotatable bonds is 7. The minimum absolute atomic E-state index is 0.0889. The lowest BCUT2D eigenvalue weighted by atomic mass is 9.90. The number of unbranched alkanes of at least 4 members (excludes halogenated alkanes) is 3. The van der Waals surface area contributed by atoms with Crippen LogP contribution in [0.2, 0.25) is 0 Å². The lowest BCUT2D eigenvalue weighted by Crippen LogP contribution is -2.17. The summed E-state index contributed by atoms with van der Waals surface area (Å²) < 4.78 is 0. The maximum Gasteiger partial charge on any atom is 0.303 e. The largest absolute Gasteiger partial charge is 0.481 e. The molecule has 1 aliphatic carbocycles. The van der Waals surface area contributed by atoms with Crippen molar-refractivity contribution in [3.8, 4) is 0 Å². The van der Waals surface area contributed by atoms with Crippen LogP contribution in [0.5, 0.6) is 0 Å². The molecule has 16 heavy (non-hydrogen) atoms. The molecule has 0 aromatic rings. The van der Waals surface area contributed by atoms with E-state index in [0.717, 1.165) is 44.9 Å². The predicted molar refractivity (Wildman–Crippen MR) is 63.2 cm³/mol. The Balaban J connectivity index is 2.00. The first-order valence-corrected chi connectivity index (χ1v) is 6.51. The molecule has 3 nitrogen and oxygen atoms in total. The van der Waals surface area contributed by atoms with E-state index >= 15 is 0 Å². The molecule has 0 radical (unpaired) electrons. The summed E-state index contributed by atoms with van der Waals surface area (Å²) in [6, 6.07) is 0. The second-order valence-corrected chi connectivity index (χ2v) is 5.13. The van der Waals surface area contributed by atoms with Crippen molar-refractivity contribution >= 4 is 5.97 Å². The Morgan fingerprint density at radius 2 is 1.88 bits per heavy atom. The van der Waals surface area contributed by atoms with Crippen molar-refractivity contribution in [3.05, 3.63) is 0 Å². The fourth-order valence-corrected chi connectivity index (χ4v) is 2.73. The van der Waals surface area contributed by atoms with Crippen LogP contribution in [0.1, 0.15) is 58.3 Å². The first-order chi connectivity index (χ1) is 7.61. The third kappa shape index (κ3) is 4.52. The Bertz CT molecular complexity index is 205. The summed E-state index contributed by atoms with van der Waals surface area (Å²) in [5, 5.41) is 18.2. The van der Waals surface area contributed by atoms with Gasteiger partial charge in [0.25, 0.3) is 0 Å². The van der Waals surface area contributed by atoms with E-state index in [1.165, 1.54) is 0 Å². The first-order valence-electron chi connectivity index (χ1n) is 6.51. The summed E-state index contributed by atoms with van der Waals surface area (Å²) in [5.41, 5.74) is 0. The molecule has 0 heterocycles. The fourth-order valence-electron chi connectivity index (χ4n) is 2.73. The molecule has 0 amide bonds. The number of hydrogen-bond donors (Lipinski definition) is 2. The van der Waals surface area contributed by atoms with Gasteiger partial charge in [0.15, 0.2) is 0 Å². The van der Waals surface area contributed by atoms with E-state index in [4.69, 9.17) is 5.11 Å². The van der Waals surface area contributed by atoms with Gasteiger partial charge >= 0.3 is 5.97 Å². The zero-order valence-electron chi connectivity index (χ0n) is 10.2. The number of carboxylic acid groups (broad SMARTS) is 1. The van der Waals surface area contributed by atoms with Gasteiger partial charge in [0.1, 0.15) is 0 Å². The van der Waals surface area contributed by atoms with Crippen LogP contribution in [0, 0.1) is 11.8 Å². The van der Waals surface area contributed by atoms with Crippen LogP contribution in [-0.4, -0.2) is 22.3 Å². The van der Waals surface area contributed by atoms with Crippen LogP contribution in [0.3, 0.4) is 0 Å². The van der Waals surface area contributed by atoms with E-state index in [2.05, 4.69) is 6.92 Å². The van der Waals surface area contributed by atoms with E-state index < -0.39 is 5.97 Å². The molecule has 0 aliphatic heterocycles. The molecule has 94 valence electrons. The van der Waals surface area contributed by atoms with Gasteiger partial charge in [0, 0.05) is 6.42 Å². The highest BCUT2D eigenvalue weighted by Gasteiger charge is 2.30. The molecule has 0 unspecified atom stereocenters. The normalized spacial score (nSPS) is 29.5. The zero-order valence-corrected chi connectivity index (χ0v) is 10.2. The average molecular weight is 228 g/mol. The summed E-state index contributed by atoms with van der Waals surface area (Å²) in [7, 11) is 0. The van der Waals surface area contributed by atoms with Crippen molar-refractivity contribution in [3.63, 3.8) is 0 Å². The van der Waals surface area contributed by atoms with Crippen molar-refractivity contribution in [1.82, 2.24) is 0 Å². The van der Waals surface area contributed by atoms with Crippen molar-refractivity contribution in [1.29, 1.82) is 0 Å². The van der Waals surface area contributed by atoms with E-state index in [0.29, 0.717) is 18.3 Å². The number of hydrogen-bond acceptors (Lipinski definition) is 2. The van der Waals surface area contributed by atoms with Gasteiger partial charge in [-0.3, -0.25) is 4.79 Å². The quantitative estimate of drug-likeness (QED) is 0.659. The minimum Gasteiger partial charge on any atom is -0.481 e. The molecule has 2 N–H and O–H groups in total. The second kappa shape index (κ2) is 6.89. The molecule has 3 heteroatoms. The molecule has 0 spiro atoms. The van der Waals surface area contributed by atoms with Crippen LogP contribution >= 0.6 is 0 Å². The molecule has 0 bridgehead atoms. The van der Waals surface area contributed by atoms with E-state index in [9.17, 15) is 9.90 Å². The highest BCUT2D eigenvalue weighted by molar-refractivity contribution is 5.66. The number of carboxylic acids is 1. The molecule has 1 saturated carbocycles. The van der Waals surface area contributed by atoms with Crippen LogP contribution in [0.15, 0.2) is 0 Å². The summed E-state index contributed by atoms with van der Waals surface area (Å²) >= 11 is 0. The molecule has 0 aromatic carbocycles. The number of aliphatic carboxylic acids is 1. The van der Waals surface area contributed by atoms with Gasteiger partial charge in [-0.05, 0) is 37.5 Å². The second-order valence-electron chi connectivity index (χ2n) is 5.13. The SMILES string of the molecule is C[C@H]1CC[C@H](O)[C@@H]1CCCCCCC(=O)O. The van der Waals surface area contributed by atoms with Gasteiger partial charge in [-0.15, -0.1) is 0 Å². The molecule has 0 aromatic heterocycles. The molecule has 3 atom stereocenters. The van der Waals surface area contributed by atoms with Gasteiger partial charge in [-0.1, -0.05) is 26.2 Å². The summed E-state index contributed by atoms with van der Waals surface area (Å²) in [5.74, 6) is 0.452. The summed E-state index contributed by atoms with van der Waals surface area (Å²) in [4.78, 5) is 10.3. The topological polar surface area (TPSA) is 57.5 Å². The molecular weight excluding hydrogens is 204 g/mol. The van der Waals surface area contributed by atoms with Gasteiger partial charge in [-0.25, -0.2) is 0 Å². The maximum atomic E-state index is 10.3. The third-order valence-corrected chi connectivity index (χ3v) is 3.82. The van der Waals surface area contributed by atoms with Gasteiger partial charge in [-0.2, -0.15) is 0 Å². The van der Waals surface area contributed by atoms with Crippen molar-refractivity contribution in [2.75, 3.05) is 0 Å². The lowest BCUT2D eigenvalue weighted by molar-refractivity contribution is -0.137. The Morgan fingerprint density at radius 1 is 1.19 bits per heavy atom. The molecule has 1 rings (SSSR count). The smallest absolute Gasteiger partial charge is 0.303 e. The number of aliphatic hydroxyl groups is 1. The van der Waals surface area contributed by atoms with Gasteiger partial charge in [0.2, 0.25) is 0 Å². The third-order valence-electron chi connectivity index (χ3n) is 3.82. The van der Waals surface area contributed by atoms with Crippen molar-refractivity contribution in [2.45, 2.75) is 64.4 Å². The number of aliphatic hydroxyl groups excluding tert-OH is 1. The Morgan fingerprint density at radius 3 is 2.44 bits per heavy atom. The Kier molecular flexibility index (Phi) is 5.81. The minimum atomic E-state index is -0.695.